The molecule has 0 aliphatic rings. The summed E-state index contributed by atoms with van der Waals surface area (Å²) < 4.78 is 0. The average Bonchev–Trinajstić information content (AvgIpc) is 2.78. The normalized spacial score (nSPS) is 10.3. The number of thiazole rings is 1. The first-order chi connectivity index (χ1) is 9.15. The van der Waals surface area contributed by atoms with Crippen molar-refractivity contribution in [2.24, 2.45) is 5.84 Å². The van der Waals surface area contributed by atoms with E-state index in [9.17, 15) is 4.79 Å². The Bertz CT molecular complexity index is 594. The van der Waals surface area contributed by atoms with Crippen molar-refractivity contribution in [2.75, 3.05) is 10.7 Å². The SMILES string of the molecule is CCc1nc(NC(=O)c2ccccc2NN)sc1C. The Labute approximate surface area is 115 Å². The van der Waals surface area contributed by atoms with Crippen LogP contribution < -0.4 is 16.6 Å². The van der Waals surface area contributed by atoms with E-state index in [4.69, 9.17) is 5.84 Å². The van der Waals surface area contributed by atoms with Gasteiger partial charge in [-0.15, -0.1) is 11.3 Å². The van der Waals surface area contributed by atoms with Gasteiger partial charge < -0.3 is 5.43 Å². The Kier molecular flexibility index (Phi) is 4.13. The number of hydrogen-bond donors (Lipinski definition) is 3. The monoisotopic (exact) mass is 276 g/mol. The maximum absolute atomic E-state index is 12.2. The molecule has 100 valence electrons. The largest absolute Gasteiger partial charge is 0.323 e. The maximum atomic E-state index is 12.2. The molecule has 4 N–H and O–H groups in total. The Hall–Kier alpha value is -1.92. The predicted molar refractivity (Wildman–Crippen MR) is 78.4 cm³/mol. The van der Waals surface area contributed by atoms with E-state index in [1.165, 1.54) is 11.3 Å². The molecule has 0 aliphatic carbocycles. The fraction of sp³-hybridized carbons (Fsp3) is 0.231. The third-order valence-electron chi connectivity index (χ3n) is 2.78. The third-order valence-corrected chi connectivity index (χ3v) is 3.70. The molecule has 5 nitrogen and oxygen atoms in total. The number of amides is 1. The first kappa shape index (κ1) is 13.5. The van der Waals surface area contributed by atoms with Gasteiger partial charge in [0.25, 0.3) is 5.91 Å². The zero-order valence-electron chi connectivity index (χ0n) is 10.9. The van der Waals surface area contributed by atoms with Gasteiger partial charge in [0, 0.05) is 4.88 Å². The summed E-state index contributed by atoms with van der Waals surface area (Å²) in [5.41, 5.74) is 4.61. The van der Waals surface area contributed by atoms with Gasteiger partial charge in [-0.2, -0.15) is 0 Å². The van der Waals surface area contributed by atoms with Crippen LogP contribution >= 0.6 is 11.3 Å². The van der Waals surface area contributed by atoms with E-state index in [-0.39, 0.29) is 5.91 Å². The minimum Gasteiger partial charge on any atom is -0.323 e. The van der Waals surface area contributed by atoms with Gasteiger partial charge in [-0.1, -0.05) is 19.1 Å². The summed E-state index contributed by atoms with van der Waals surface area (Å²) in [6.07, 6.45) is 0.860. The van der Waals surface area contributed by atoms with Crippen molar-refractivity contribution in [2.45, 2.75) is 20.3 Å². The van der Waals surface area contributed by atoms with Crippen molar-refractivity contribution < 1.29 is 4.79 Å². The van der Waals surface area contributed by atoms with Crippen LogP contribution in [0.2, 0.25) is 0 Å². The van der Waals surface area contributed by atoms with Crippen molar-refractivity contribution in [1.82, 2.24) is 4.98 Å². The molecule has 1 aromatic carbocycles. The van der Waals surface area contributed by atoms with Crippen LogP contribution in [0.3, 0.4) is 0 Å². The number of rotatable bonds is 4. The highest BCUT2D eigenvalue weighted by Crippen LogP contribution is 2.23. The van der Waals surface area contributed by atoms with Crippen molar-refractivity contribution >= 4 is 28.1 Å². The summed E-state index contributed by atoms with van der Waals surface area (Å²) in [5.74, 6) is 5.17. The van der Waals surface area contributed by atoms with E-state index >= 15 is 0 Å². The number of carbonyl (C=O) groups excluding carboxylic acids is 1. The van der Waals surface area contributed by atoms with Gasteiger partial charge in [-0.05, 0) is 25.5 Å². The second kappa shape index (κ2) is 5.81. The smallest absolute Gasteiger partial charge is 0.259 e. The van der Waals surface area contributed by atoms with Gasteiger partial charge in [-0.25, -0.2) is 4.98 Å². The van der Waals surface area contributed by atoms with Crippen LogP contribution in [0.25, 0.3) is 0 Å². The van der Waals surface area contributed by atoms with E-state index in [2.05, 4.69) is 15.7 Å². The standard InChI is InChI=1S/C13H16N4OS/c1-3-10-8(2)19-13(15-10)16-12(18)9-6-4-5-7-11(9)17-14/h4-7,17H,3,14H2,1-2H3,(H,15,16,18). The highest BCUT2D eigenvalue weighted by Gasteiger charge is 2.13. The topological polar surface area (TPSA) is 80.0 Å². The molecule has 0 saturated heterocycles. The molecule has 0 radical (unpaired) electrons. The molecular weight excluding hydrogens is 260 g/mol. The fourth-order valence-corrected chi connectivity index (χ4v) is 2.68. The lowest BCUT2D eigenvalue weighted by molar-refractivity contribution is 0.102. The lowest BCUT2D eigenvalue weighted by Gasteiger charge is -2.07. The van der Waals surface area contributed by atoms with Crippen LogP contribution in [0.15, 0.2) is 24.3 Å². The van der Waals surface area contributed by atoms with Gasteiger partial charge >= 0.3 is 0 Å². The molecule has 0 spiro atoms. The molecule has 0 unspecified atom stereocenters. The summed E-state index contributed by atoms with van der Waals surface area (Å²) >= 11 is 1.48. The number of aryl methyl sites for hydroxylation is 2. The van der Waals surface area contributed by atoms with Crippen molar-refractivity contribution in [3.8, 4) is 0 Å². The number of nitrogens with two attached hydrogens (primary N) is 1. The Balaban J connectivity index is 2.20. The molecule has 0 saturated carbocycles. The number of nitrogens with one attached hydrogen (secondary N) is 2. The van der Waals surface area contributed by atoms with E-state index < -0.39 is 0 Å². The number of hydrogen-bond acceptors (Lipinski definition) is 5. The molecular formula is C13H16N4OS. The van der Waals surface area contributed by atoms with Crippen molar-refractivity contribution in [1.29, 1.82) is 0 Å². The Morgan fingerprint density at radius 1 is 1.42 bits per heavy atom. The number of benzene rings is 1. The molecule has 0 fully saturated rings. The number of carbonyl (C=O) groups is 1. The number of para-hydroxylation sites is 1. The van der Waals surface area contributed by atoms with E-state index in [1.54, 1.807) is 18.2 Å². The van der Waals surface area contributed by atoms with E-state index in [0.717, 1.165) is 17.0 Å². The van der Waals surface area contributed by atoms with Crippen LogP contribution in [-0.4, -0.2) is 10.9 Å². The zero-order valence-corrected chi connectivity index (χ0v) is 11.7. The lowest BCUT2D eigenvalue weighted by atomic mass is 10.1. The highest BCUT2D eigenvalue weighted by molar-refractivity contribution is 7.15. The van der Waals surface area contributed by atoms with Gasteiger partial charge in [0.1, 0.15) is 0 Å². The van der Waals surface area contributed by atoms with Crippen LogP contribution in [0.1, 0.15) is 27.9 Å². The highest BCUT2D eigenvalue weighted by atomic mass is 32.1. The summed E-state index contributed by atoms with van der Waals surface area (Å²) in [7, 11) is 0. The quantitative estimate of drug-likeness (QED) is 0.592. The van der Waals surface area contributed by atoms with Crippen molar-refractivity contribution in [3.05, 3.63) is 40.4 Å². The third kappa shape index (κ3) is 2.91. The zero-order chi connectivity index (χ0) is 13.8. The van der Waals surface area contributed by atoms with Gasteiger partial charge in [0.05, 0.1) is 16.9 Å². The minimum atomic E-state index is -0.218. The molecule has 2 aromatic rings. The van der Waals surface area contributed by atoms with Crippen molar-refractivity contribution in [3.63, 3.8) is 0 Å². The average molecular weight is 276 g/mol. The second-order valence-electron chi connectivity index (χ2n) is 4.02. The minimum absolute atomic E-state index is 0.218. The second-order valence-corrected chi connectivity index (χ2v) is 5.22. The number of nitrogens with zero attached hydrogens (tertiary/aromatic N) is 1. The number of nitrogen functional groups attached to an aromatic ring is 1. The molecule has 2 rings (SSSR count). The van der Waals surface area contributed by atoms with Gasteiger partial charge in [-0.3, -0.25) is 16.0 Å². The van der Waals surface area contributed by atoms with Crippen LogP contribution in [-0.2, 0) is 6.42 Å². The summed E-state index contributed by atoms with van der Waals surface area (Å²) in [5, 5.41) is 3.42. The Morgan fingerprint density at radius 3 is 2.79 bits per heavy atom. The van der Waals surface area contributed by atoms with Crippen LogP contribution in [0.5, 0.6) is 0 Å². The first-order valence-electron chi connectivity index (χ1n) is 5.99. The summed E-state index contributed by atoms with van der Waals surface area (Å²) in [6.45, 7) is 4.04. The van der Waals surface area contributed by atoms with Gasteiger partial charge in [0.15, 0.2) is 5.13 Å². The molecule has 0 aliphatic heterocycles. The lowest BCUT2D eigenvalue weighted by Crippen LogP contribution is -2.17. The summed E-state index contributed by atoms with van der Waals surface area (Å²) in [4.78, 5) is 17.7. The molecule has 1 aromatic heterocycles. The van der Waals surface area contributed by atoms with Crippen LogP contribution in [0, 0.1) is 6.92 Å². The molecule has 0 atom stereocenters. The van der Waals surface area contributed by atoms with E-state index in [1.807, 2.05) is 19.9 Å². The summed E-state index contributed by atoms with van der Waals surface area (Å²) in [6, 6.07) is 7.07. The fourth-order valence-electron chi connectivity index (χ4n) is 1.78. The molecule has 19 heavy (non-hydrogen) atoms. The molecule has 6 heteroatoms. The number of aromatic nitrogens is 1. The first-order valence-corrected chi connectivity index (χ1v) is 6.80. The maximum Gasteiger partial charge on any atom is 0.259 e. The number of anilines is 2. The Morgan fingerprint density at radius 2 is 2.16 bits per heavy atom. The van der Waals surface area contributed by atoms with Gasteiger partial charge in [0.2, 0.25) is 0 Å². The number of hydrazine groups is 1. The molecule has 1 heterocycles. The predicted octanol–water partition coefficient (Wildman–Crippen LogP) is 2.55. The van der Waals surface area contributed by atoms with Crippen LogP contribution in [0.4, 0.5) is 10.8 Å². The van der Waals surface area contributed by atoms with E-state index in [0.29, 0.717) is 16.4 Å². The molecule has 1 amide bonds. The molecule has 0 bridgehead atoms.